The number of piperidine rings is 1. The van der Waals surface area contributed by atoms with Crippen molar-refractivity contribution in [3.05, 3.63) is 33.8 Å². The SMILES string of the molecule is CCc1ccc(Nc2nn(CN3CCC(C(=O)OC)CC3)c(=S)s2)cc1. The minimum atomic E-state index is -0.101. The highest BCUT2D eigenvalue weighted by atomic mass is 32.1. The summed E-state index contributed by atoms with van der Waals surface area (Å²) in [6.07, 6.45) is 2.67. The number of ether oxygens (including phenoxy) is 1. The van der Waals surface area contributed by atoms with Gasteiger partial charge >= 0.3 is 5.97 Å². The molecule has 0 unspecified atom stereocenters. The molecule has 0 bridgehead atoms. The highest BCUT2D eigenvalue weighted by molar-refractivity contribution is 7.73. The Kier molecular flexibility index (Phi) is 6.39. The predicted octanol–water partition coefficient (Wildman–Crippen LogP) is 3.82. The Hall–Kier alpha value is -1.77. The van der Waals surface area contributed by atoms with E-state index in [4.69, 9.17) is 17.0 Å². The Bertz CT molecular complexity index is 792. The monoisotopic (exact) mass is 392 g/mol. The molecule has 26 heavy (non-hydrogen) atoms. The molecule has 1 aliphatic rings. The van der Waals surface area contributed by atoms with Crippen LogP contribution in [0.5, 0.6) is 0 Å². The Morgan fingerprint density at radius 2 is 2.04 bits per heavy atom. The van der Waals surface area contributed by atoms with Crippen LogP contribution in [0.2, 0.25) is 0 Å². The molecule has 1 aromatic heterocycles. The molecule has 0 radical (unpaired) electrons. The number of nitrogens with one attached hydrogen (secondary N) is 1. The van der Waals surface area contributed by atoms with E-state index in [1.54, 1.807) is 0 Å². The van der Waals surface area contributed by atoms with Crippen molar-refractivity contribution in [3.8, 4) is 0 Å². The van der Waals surface area contributed by atoms with Crippen LogP contribution in [0.1, 0.15) is 25.3 Å². The van der Waals surface area contributed by atoms with Gasteiger partial charge in [0.2, 0.25) is 5.13 Å². The highest BCUT2D eigenvalue weighted by Crippen LogP contribution is 2.23. The molecule has 8 heteroatoms. The fourth-order valence-electron chi connectivity index (χ4n) is 3.06. The van der Waals surface area contributed by atoms with Crippen molar-refractivity contribution in [1.82, 2.24) is 14.7 Å². The van der Waals surface area contributed by atoms with Gasteiger partial charge in [-0.05, 0) is 49.2 Å². The van der Waals surface area contributed by atoms with Crippen molar-refractivity contribution in [2.45, 2.75) is 32.9 Å². The molecule has 1 fully saturated rings. The van der Waals surface area contributed by atoms with Crippen molar-refractivity contribution in [2.24, 2.45) is 5.92 Å². The number of aromatic nitrogens is 2. The maximum absolute atomic E-state index is 11.6. The summed E-state index contributed by atoms with van der Waals surface area (Å²) in [6.45, 7) is 4.49. The zero-order chi connectivity index (χ0) is 18.5. The molecule has 0 aliphatic carbocycles. The predicted molar refractivity (Wildman–Crippen MR) is 106 cm³/mol. The number of methoxy groups -OCH3 is 1. The molecule has 140 valence electrons. The van der Waals surface area contributed by atoms with Crippen molar-refractivity contribution in [1.29, 1.82) is 0 Å². The molecule has 0 atom stereocenters. The smallest absolute Gasteiger partial charge is 0.308 e. The number of nitrogens with zero attached hydrogens (tertiary/aromatic N) is 3. The third kappa shape index (κ3) is 4.69. The van der Waals surface area contributed by atoms with Crippen LogP contribution in [-0.2, 0) is 22.6 Å². The second-order valence-electron chi connectivity index (χ2n) is 6.41. The van der Waals surface area contributed by atoms with Gasteiger partial charge in [-0.15, -0.1) is 5.10 Å². The molecule has 1 saturated heterocycles. The Balaban J connectivity index is 1.58. The van der Waals surface area contributed by atoms with Crippen molar-refractivity contribution in [2.75, 3.05) is 25.5 Å². The molecule has 2 aromatic rings. The van der Waals surface area contributed by atoms with Crippen LogP contribution in [0.3, 0.4) is 0 Å². The molecular weight excluding hydrogens is 368 g/mol. The average Bonchev–Trinajstić information content (AvgIpc) is 3.01. The van der Waals surface area contributed by atoms with Gasteiger partial charge in [0.05, 0.1) is 19.7 Å². The number of hydrogen-bond acceptors (Lipinski definition) is 7. The third-order valence-electron chi connectivity index (χ3n) is 4.68. The van der Waals surface area contributed by atoms with Gasteiger partial charge in [0.15, 0.2) is 3.95 Å². The molecule has 0 amide bonds. The van der Waals surface area contributed by atoms with Crippen LogP contribution in [0.15, 0.2) is 24.3 Å². The molecule has 3 rings (SSSR count). The molecule has 6 nitrogen and oxygen atoms in total. The molecule has 2 heterocycles. The lowest BCUT2D eigenvalue weighted by Crippen LogP contribution is -2.38. The van der Waals surface area contributed by atoms with E-state index >= 15 is 0 Å². The summed E-state index contributed by atoms with van der Waals surface area (Å²) in [7, 11) is 1.45. The second kappa shape index (κ2) is 8.75. The van der Waals surface area contributed by atoms with Gasteiger partial charge < -0.3 is 10.1 Å². The molecular formula is C18H24N4O2S2. The topological polar surface area (TPSA) is 59.4 Å². The first-order chi connectivity index (χ1) is 12.6. The van der Waals surface area contributed by atoms with E-state index in [1.807, 2.05) is 4.68 Å². The van der Waals surface area contributed by atoms with Gasteiger partial charge in [-0.2, -0.15) is 0 Å². The summed E-state index contributed by atoms with van der Waals surface area (Å²) in [6, 6.07) is 8.35. The van der Waals surface area contributed by atoms with Crippen LogP contribution in [0.25, 0.3) is 0 Å². The number of aryl methyl sites for hydroxylation is 1. The lowest BCUT2D eigenvalue weighted by atomic mass is 9.97. The van der Waals surface area contributed by atoms with E-state index in [0.717, 1.165) is 47.1 Å². The Morgan fingerprint density at radius 3 is 2.65 bits per heavy atom. The fraction of sp³-hybridized carbons (Fsp3) is 0.500. The van der Waals surface area contributed by atoms with Gasteiger partial charge in [-0.25, -0.2) is 4.68 Å². The van der Waals surface area contributed by atoms with E-state index in [2.05, 4.69) is 46.5 Å². The van der Waals surface area contributed by atoms with Crippen molar-refractivity contribution in [3.63, 3.8) is 0 Å². The normalized spacial score (nSPS) is 15.8. The summed E-state index contributed by atoms with van der Waals surface area (Å²) in [5, 5.41) is 8.72. The van der Waals surface area contributed by atoms with Crippen LogP contribution in [0.4, 0.5) is 10.8 Å². The van der Waals surface area contributed by atoms with Crippen LogP contribution in [0, 0.1) is 9.87 Å². The lowest BCUT2D eigenvalue weighted by molar-refractivity contribution is -0.147. The number of carbonyl (C=O) groups excluding carboxylic acids is 1. The van der Waals surface area contributed by atoms with Gasteiger partial charge in [0.25, 0.3) is 0 Å². The summed E-state index contributed by atoms with van der Waals surface area (Å²) in [5.74, 6) is -0.0847. The van der Waals surface area contributed by atoms with Crippen LogP contribution < -0.4 is 5.32 Å². The quantitative estimate of drug-likeness (QED) is 0.596. The highest BCUT2D eigenvalue weighted by Gasteiger charge is 2.25. The number of hydrogen-bond donors (Lipinski definition) is 1. The molecule has 1 N–H and O–H groups in total. The minimum Gasteiger partial charge on any atom is -0.469 e. The summed E-state index contributed by atoms with van der Waals surface area (Å²) in [4.78, 5) is 13.9. The summed E-state index contributed by atoms with van der Waals surface area (Å²) >= 11 is 6.93. The first-order valence-electron chi connectivity index (χ1n) is 8.83. The maximum atomic E-state index is 11.6. The fourth-order valence-corrected chi connectivity index (χ4v) is 4.07. The van der Waals surface area contributed by atoms with Crippen LogP contribution >= 0.6 is 23.6 Å². The largest absolute Gasteiger partial charge is 0.469 e. The van der Waals surface area contributed by atoms with E-state index in [9.17, 15) is 4.79 Å². The average molecular weight is 393 g/mol. The Morgan fingerprint density at radius 1 is 1.35 bits per heavy atom. The van der Waals surface area contributed by atoms with Gasteiger partial charge in [-0.3, -0.25) is 9.69 Å². The third-order valence-corrected chi connectivity index (χ3v) is 5.90. The molecule has 0 saturated carbocycles. The standard InChI is InChI=1S/C18H24N4O2S2/c1-3-13-4-6-15(7-5-13)19-17-20-22(18(25)26-17)12-21-10-8-14(9-11-21)16(23)24-2/h4-7,14H,3,8-12H2,1-2H3,(H,19,20). The zero-order valence-electron chi connectivity index (χ0n) is 15.1. The minimum absolute atomic E-state index is 0.0166. The molecule has 1 aromatic carbocycles. The molecule has 1 aliphatic heterocycles. The first kappa shape index (κ1) is 19.0. The number of benzene rings is 1. The van der Waals surface area contributed by atoms with Gasteiger partial charge in [0, 0.05) is 18.8 Å². The van der Waals surface area contributed by atoms with E-state index in [-0.39, 0.29) is 11.9 Å². The first-order valence-corrected chi connectivity index (χ1v) is 10.1. The maximum Gasteiger partial charge on any atom is 0.308 e. The van der Waals surface area contributed by atoms with E-state index in [0.29, 0.717) is 6.67 Å². The van der Waals surface area contributed by atoms with Crippen molar-refractivity contribution < 1.29 is 9.53 Å². The van der Waals surface area contributed by atoms with Gasteiger partial charge in [0.1, 0.15) is 0 Å². The van der Waals surface area contributed by atoms with Crippen LogP contribution in [-0.4, -0.2) is 40.8 Å². The summed E-state index contributed by atoms with van der Waals surface area (Å²) < 4.78 is 7.43. The number of rotatable bonds is 6. The summed E-state index contributed by atoms with van der Waals surface area (Å²) in [5.41, 5.74) is 2.32. The lowest BCUT2D eigenvalue weighted by Gasteiger charge is -2.30. The Labute approximate surface area is 162 Å². The van der Waals surface area contributed by atoms with Gasteiger partial charge in [-0.1, -0.05) is 30.4 Å². The van der Waals surface area contributed by atoms with Crippen molar-refractivity contribution >= 4 is 40.3 Å². The molecule has 0 spiro atoms. The zero-order valence-corrected chi connectivity index (χ0v) is 16.7. The number of likely N-dealkylation sites (tertiary alicyclic amines) is 1. The number of carbonyl (C=O) groups is 1. The number of anilines is 2. The second-order valence-corrected chi connectivity index (χ2v) is 8.03. The van der Waals surface area contributed by atoms with E-state index in [1.165, 1.54) is 24.0 Å². The van der Waals surface area contributed by atoms with E-state index < -0.39 is 0 Å². The number of esters is 1.